The molecule has 1 aromatic heterocycles. The first kappa shape index (κ1) is 19.9. The molecule has 1 fully saturated rings. The predicted molar refractivity (Wildman–Crippen MR) is 115 cm³/mol. The molecule has 2 aliphatic rings. The highest BCUT2D eigenvalue weighted by molar-refractivity contribution is 7.16. The number of esters is 1. The quantitative estimate of drug-likeness (QED) is 0.419. The molecule has 1 saturated heterocycles. The number of fused-ring (bicyclic) bond motifs is 2. The molecule has 154 valence electrons. The van der Waals surface area contributed by atoms with Crippen molar-refractivity contribution in [3.05, 3.63) is 40.8 Å². The molecule has 4 rings (SSSR count). The molecule has 0 amide bonds. The minimum Gasteiger partial charge on any atom is -0.461 e. The van der Waals surface area contributed by atoms with Crippen molar-refractivity contribution < 1.29 is 24.7 Å². The predicted octanol–water partition coefficient (Wildman–Crippen LogP) is 0.0568. The third kappa shape index (κ3) is 4.29. The Kier molecular flexibility index (Phi) is 5.84. The highest BCUT2D eigenvalue weighted by Gasteiger charge is 2.32. The number of hydrogen-bond donors (Lipinski definition) is 4. The van der Waals surface area contributed by atoms with Gasteiger partial charge in [-0.2, -0.15) is 0 Å². The van der Waals surface area contributed by atoms with E-state index in [2.05, 4.69) is 58.2 Å². The summed E-state index contributed by atoms with van der Waals surface area (Å²) in [7, 11) is 0. The zero-order chi connectivity index (χ0) is 20.4. The Labute approximate surface area is 175 Å². The number of benzene rings is 1. The summed E-state index contributed by atoms with van der Waals surface area (Å²) in [6.07, 6.45) is 0. The fraction of sp³-hybridized carbons (Fsp3) is 0.429. The van der Waals surface area contributed by atoms with Crippen LogP contribution in [-0.4, -0.2) is 61.8 Å². The number of para-hydroxylation sites is 2. The van der Waals surface area contributed by atoms with Crippen LogP contribution in [0.3, 0.4) is 0 Å². The first-order valence-corrected chi connectivity index (χ1v) is 11.1. The van der Waals surface area contributed by atoms with Gasteiger partial charge >= 0.3 is 5.97 Å². The Bertz CT molecular complexity index is 929. The summed E-state index contributed by atoms with van der Waals surface area (Å²) in [6, 6.07) is 10.3. The summed E-state index contributed by atoms with van der Waals surface area (Å²) in [6.45, 7) is 8.94. The average Bonchev–Trinajstić information content (AvgIpc) is 3.00. The van der Waals surface area contributed by atoms with E-state index >= 15 is 0 Å². The summed E-state index contributed by atoms with van der Waals surface area (Å²) >= 11 is 1.79. The number of carbonyl (C=O) groups is 1. The molecule has 1 unspecified atom stereocenters. The van der Waals surface area contributed by atoms with Crippen LogP contribution in [0.1, 0.15) is 17.4 Å². The van der Waals surface area contributed by atoms with E-state index in [0.717, 1.165) is 49.9 Å². The van der Waals surface area contributed by atoms with Crippen LogP contribution in [0.15, 0.2) is 30.3 Å². The van der Waals surface area contributed by atoms with Gasteiger partial charge in [-0.1, -0.05) is 12.1 Å². The standard InChI is InChI=1S/C21H27N5O2S/c1-3-28-21(27)16(22)13-25-8-10-26(11-9-25)19-15-12-14(2)29-20(15)24-18-7-5-4-6-17(18)23-19/h4-7,12,16H,3,8-11,13,22H2,1-2H3,(H,23,24)/p+3. The zero-order valence-corrected chi connectivity index (χ0v) is 17.9. The van der Waals surface area contributed by atoms with Gasteiger partial charge in [0.2, 0.25) is 6.04 Å². The van der Waals surface area contributed by atoms with Gasteiger partial charge in [-0.15, -0.1) is 11.3 Å². The number of nitrogens with zero attached hydrogens (tertiary/aromatic N) is 1. The van der Waals surface area contributed by atoms with Gasteiger partial charge < -0.3 is 20.7 Å². The lowest BCUT2D eigenvalue weighted by atomic mass is 10.2. The Balaban J connectivity index is 1.54. The van der Waals surface area contributed by atoms with Gasteiger partial charge in [0.25, 0.3) is 5.84 Å². The summed E-state index contributed by atoms with van der Waals surface area (Å²) < 4.78 is 7.54. The van der Waals surface area contributed by atoms with Crippen LogP contribution in [0.2, 0.25) is 0 Å². The molecule has 2 aromatic rings. The van der Waals surface area contributed by atoms with Crippen LogP contribution < -0.4 is 21.3 Å². The molecule has 29 heavy (non-hydrogen) atoms. The number of carbonyl (C=O) groups excluding carboxylic acids is 1. The maximum atomic E-state index is 11.9. The molecule has 3 heterocycles. The largest absolute Gasteiger partial charge is 0.461 e. The first-order chi connectivity index (χ1) is 14.0. The number of hydrogen-bond acceptors (Lipinski definition) is 4. The number of nitrogens with one attached hydrogen (secondary N) is 3. The maximum absolute atomic E-state index is 11.9. The summed E-state index contributed by atoms with van der Waals surface area (Å²) in [5.74, 6) is 0.973. The van der Waals surface area contributed by atoms with E-state index in [9.17, 15) is 4.79 Å². The molecule has 6 N–H and O–H groups in total. The Morgan fingerprint density at radius 3 is 2.66 bits per heavy atom. The van der Waals surface area contributed by atoms with Crippen LogP contribution in [0.4, 0.5) is 16.4 Å². The van der Waals surface area contributed by atoms with E-state index in [1.807, 2.05) is 6.92 Å². The second-order valence-electron chi connectivity index (χ2n) is 7.63. The number of anilines is 3. The maximum Gasteiger partial charge on any atom is 0.370 e. The molecule has 2 aliphatic heterocycles. The Hall–Kier alpha value is -2.42. The SMILES string of the molecule is CCOC(=O)C([NH3+])C[NH+]1CC[N+](=C2Nc3ccccc3Nc3sc(C)cc32)CC1. The molecule has 0 aliphatic carbocycles. The number of piperazine rings is 1. The van der Waals surface area contributed by atoms with Crippen LogP contribution in [0.25, 0.3) is 0 Å². The third-order valence-electron chi connectivity index (χ3n) is 5.48. The second kappa shape index (κ2) is 8.52. The van der Waals surface area contributed by atoms with Crippen LogP contribution in [0, 0.1) is 6.92 Å². The van der Waals surface area contributed by atoms with Crippen molar-refractivity contribution in [2.45, 2.75) is 19.9 Å². The van der Waals surface area contributed by atoms with Crippen LogP contribution in [0.5, 0.6) is 0 Å². The first-order valence-electron chi connectivity index (χ1n) is 10.2. The summed E-state index contributed by atoms with van der Waals surface area (Å²) in [5.41, 5.74) is 7.42. The fourth-order valence-electron chi connectivity index (χ4n) is 3.99. The summed E-state index contributed by atoms with van der Waals surface area (Å²) in [5, 5.41) is 8.46. The fourth-order valence-corrected chi connectivity index (χ4v) is 4.92. The molecule has 0 radical (unpaired) electrons. The Morgan fingerprint density at radius 1 is 1.28 bits per heavy atom. The molecular weight excluding hydrogens is 386 g/mol. The van der Waals surface area contributed by atoms with E-state index in [1.54, 1.807) is 11.3 Å². The highest BCUT2D eigenvalue weighted by Crippen LogP contribution is 2.37. The molecule has 1 aromatic carbocycles. The van der Waals surface area contributed by atoms with E-state index < -0.39 is 0 Å². The van der Waals surface area contributed by atoms with E-state index in [0.29, 0.717) is 6.61 Å². The second-order valence-corrected chi connectivity index (χ2v) is 8.89. The monoisotopic (exact) mass is 416 g/mol. The van der Waals surface area contributed by atoms with Crippen molar-refractivity contribution in [1.29, 1.82) is 0 Å². The molecule has 0 spiro atoms. The van der Waals surface area contributed by atoms with Gasteiger partial charge in [0.05, 0.1) is 17.9 Å². The minimum absolute atomic E-state index is 0.191. The highest BCUT2D eigenvalue weighted by atomic mass is 32.1. The third-order valence-corrected chi connectivity index (χ3v) is 6.45. The van der Waals surface area contributed by atoms with Gasteiger partial charge in [-0.05, 0) is 32.0 Å². The zero-order valence-electron chi connectivity index (χ0n) is 17.1. The topological polar surface area (TPSA) is 85.4 Å². The van der Waals surface area contributed by atoms with Gasteiger partial charge in [0.1, 0.15) is 43.4 Å². The smallest absolute Gasteiger partial charge is 0.370 e. The number of ether oxygens (including phenoxy) is 1. The number of amidine groups is 1. The normalized spacial score (nSPS) is 19.3. The molecule has 0 saturated carbocycles. The molecular formula is C21H30N5O2S+3. The van der Waals surface area contributed by atoms with E-state index in [-0.39, 0.29) is 12.0 Å². The minimum atomic E-state index is -0.303. The van der Waals surface area contributed by atoms with Crippen molar-refractivity contribution in [2.24, 2.45) is 0 Å². The van der Waals surface area contributed by atoms with E-state index in [1.165, 1.54) is 20.3 Å². The van der Waals surface area contributed by atoms with Gasteiger partial charge in [-0.3, -0.25) is 0 Å². The average molecular weight is 417 g/mol. The summed E-state index contributed by atoms with van der Waals surface area (Å²) in [4.78, 5) is 14.6. The van der Waals surface area contributed by atoms with Crippen LogP contribution >= 0.6 is 11.3 Å². The van der Waals surface area contributed by atoms with Crippen molar-refractivity contribution in [3.63, 3.8) is 0 Å². The van der Waals surface area contributed by atoms with Gasteiger partial charge in [-0.25, -0.2) is 14.7 Å². The molecule has 7 nitrogen and oxygen atoms in total. The Morgan fingerprint density at radius 2 is 1.97 bits per heavy atom. The van der Waals surface area contributed by atoms with Gasteiger partial charge in [0.15, 0.2) is 0 Å². The van der Waals surface area contributed by atoms with Crippen molar-refractivity contribution >= 4 is 39.5 Å². The number of rotatable bonds is 4. The molecule has 1 atom stereocenters. The number of thiophene rings is 1. The number of aryl methyl sites for hydroxylation is 1. The lowest BCUT2D eigenvalue weighted by Gasteiger charge is -2.26. The number of quaternary nitrogens is 2. The lowest BCUT2D eigenvalue weighted by Crippen LogP contribution is -3.17. The van der Waals surface area contributed by atoms with Crippen molar-refractivity contribution in [1.82, 2.24) is 0 Å². The molecule has 8 heteroatoms. The van der Waals surface area contributed by atoms with Crippen molar-refractivity contribution in [3.8, 4) is 0 Å². The molecule has 0 bridgehead atoms. The van der Waals surface area contributed by atoms with E-state index in [4.69, 9.17) is 4.74 Å². The van der Waals surface area contributed by atoms with Gasteiger partial charge in [0, 0.05) is 4.88 Å². The lowest BCUT2D eigenvalue weighted by molar-refractivity contribution is -0.938. The van der Waals surface area contributed by atoms with Crippen molar-refractivity contribution in [2.75, 3.05) is 50.0 Å². The van der Waals surface area contributed by atoms with Crippen LogP contribution in [-0.2, 0) is 9.53 Å².